The topological polar surface area (TPSA) is 64.6 Å². The Hall–Kier alpha value is -2.86. The van der Waals surface area contributed by atoms with E-state index in [-0.39, 0.29) is 23.8 Å². The van der Waals surface area contributed by atoms with Crippen molar-refractivity contribution in [2.75, 3.05) is 7.11 Å². The van der Waals surface area contributed by atoms with Gasteiger partial charge >= 0.3 is 5.97 Å². The summed E-state index contributed by atoms with van der Waals surface area (Å²) < 4.78 is 12.2. The number of nitrogens with one attached hydrogen (secondary N) is 1. The maximum atomic E-state index is 13.8. The molecule has 6 heteroatoms. The first-order valence-corrected chi connectivity index (χ1v) is 13.6. The summed E-state index contributed by atoms with van der Waals surface area (Å²) in [6.45, 7) is 1.92. The Labute approximate surface area is 221 Å². The van der Waals surface area contributed by atoms with Gasteiger partial charge in [0.1, 0.15) is 11.9 Å². The van der Waals surface area contributed by atoms with Crippen LogP contribution in [0, 0.1) is 0 Å². The molecule has 2 aliphatic carbocycles. The number of halogens is 1. The van der Waals surface area contributed by atoms with E-state index in [1.165, 1.54) is 6.42 Å². The van der Waals surface area contributed by atoms with Crippen LogP contribution in [0.1, 0.15) is 74.8 Å². The first-order valence-electron chi connectivity index (χ1n) is 12.8. The van der Waals surface area contributed by atoms with Crippen molar-refractivity contribution in [1.29, 1.82) is 0 Å². The number of rotatable bonds is 5. The minimum atomic E-state index is -0.483. The average molecular weight is 550 g/mol. The summed E-state index contributed by atoms with van der Waals surface area (Å²) in [5, 5.41) is 3.45. The van der Waals surface area contributed by atoms with Gasteiger partial charge in [0.25, 0.3) is 0 Å². The van der Waals surface area contributed by atoms with Crippen LogP contribution in [0.4, 0.5) is 0 Å². The molecule has 36 heavy (non-hydrogen) atoms. The monoisotopic (exact) mass is 549 g/mol. The Kier molecular flexibility index (Phi) is 7.33. The van der Waals surface area contributed by atoms with Crippen molar-refractivity contribution < 1.29 is 19.1 Å². The zero-order chi connectivity index (χ0) is 25.2. The Bertz CT molecular complexity index is 1230. The molecule has 3 aliphatic rings. The molecular formula is C30H32BrNO4. The van der Waals surface area contributed by atoms with Crippen LogP contribution in [0.25, 0.3) is 0 Å². The summed E-state index contributed by atoms with van der Waals surface area (Å²) in [7, 11) is 1.62. The minimum absolute atomic E-state index is 0.0605. The summed E-state index contributed by atoms with van der Waals surface area (Å²) in [6.07, 6.45) is 6.23. The molecule has 5 nitrogen and oxygen atoms in total. The molecule has 1 saturated carbocycles. The van der Waals surface area contributed by atoms with Crippen LogP contribution in [0.15, 0.2) is 75.5 Å². The van der Waals surface area contributed by atoms with Gasteiger partial charge < -0.3 is 14.8 Å². The summed E-state index contributed by atoms with van der Waals surface area (Å²) in [5.41, 5.74) is 4.91. The zero-order valence-corrected chi connectivity index (χ0v) is 22.4. The third kappa shape index (κ3) is 4.88. The fourth-order valence-electron chi connectivity index (χ4n) is 5.86. The van der Waals surface area contributed by atoms with Crippen molar-refractivity contribution in [2.24, 2.45) is 0 Å². The van der Waals surface area contributed by atoms with Gasteiger partial charge in [0.15, 0.2) is 5.78 Å². The van der Waals surface area contributed by atoms with E-state index in [0.717, 1.165) is 59.1 Å². The summed E-state index contributed by atoms with van der Waals surface area (Å²) >= 11 is 3.60. The predicted molar refractivity (Wildman–Crippen MR) is 143 cm³/mol. The summed E-state index contributed by atoms with van der Waals surface area (Å²) in [5.74, 6) is 0.0759. The highest BCUT2D eigenvalue weighted by Crippen LogP contribution is 2.47. The third-order valence-corrected chi connectivity index (χ3v) is 8.27. The van der Waals surface area contributed by atoms with Crippen molar-refractivity contribution in [2.45, 2.75) is 69.8 Å². The highest BCUT2D eigenvalue weighted by Gasteiger charge is 2.42. The number of esters is 1. The quantitative estimate of drug-likeness (QED) is 0.420. The number of ketones is 1. The molecule has 0 amide bonds. The van der Waals surface area contributed by atoms with Gasteiger partial charge in [-0.05, 0) is 84.1 Å². The molecule has 0 spiro atoms. The molecule has 0 bridgehead atoms. The van der Waals surface area contributed by atoms with Crippen molar-refractivity contribution in [3.63, 3.8) is 0 Å². The van der Waals surface area contributed by atoms with E-state index in [1.807, 2.05) is 43.3 Å². The van der Waals surface area contributed by atoms with E-state index >= 15 is 0 Å². The molecule has 1 aliphatic heterocycles. The summed E-state index contributed by atoms with van der Waals surface area (Å²) in [4.78, 5) is 27.4. The van der Waals surface area contributed by atoms with Crippen LogP contribution in [0.5, 0.6) is 5.75 Å². The van der Waals surface area contributed by atoms with Gasteiger partial charge in [0.2, 0.25) is 0 Å². The lowest BCUT2D eigenvalue weighted by molar-refractivity contribution is -0.146. The number of carbonyl (C=O) groups excluding carboxylic acids is 2. The van der Waals surface area contributed by atoms with Gasteiger partial charge in [-0.3, -0.25) is 4.79 Å². The Morgan fingerprint density at radius 2 is 1.75 bits per heavy atom. The molecule has 188 valence electrons. The van der Waals surface area contributed by atoms with Crippen LogP contribution < -0.4 is 10.1 Å². The van der Waals surface area contributed by atoms with Crippen LogP contribution in [0.3, 0.4) is 0 Å². The standard InChI is InChI=1S/C30H32BrNO4/c1-18-27(30(34)36-22-11-7-4-8-12-22)28(20-13-14-26(35-2)23(31)15-20)29-24(32-18)16-21(17-25(29)33)19-9-5-3-6-10-19/h3,5-6,9-10,13-15,21-22,28,32H,4,7-8,11-12,16-17H2,1-2H3. The van der Waals surface area contributed by atoms with E-state index in [1.54, 1.807) is 7.11 Å². The van der Waals surface area contributed by atoms with Gasteiger partial charge in [-0.15, -0.1) is 0 Å². The van der Waals surface area contributed by atoms with Crippen molar-refractivity contribution in [3.8, 4) is 5.75 Å². The molecule has 1 heterocycles. The lowest BCUT2D eigenvalue weighted by Gasteiger charge is -2.37. The fourth-order valence-corrected chi connectivity index (χ4v) is 6.42. The average Bonchev–Trinajstić information content (AvgIpc) is 2.88. The largest absolute Gasteiger partial charge is 0.496 e. The number of carbonyl (C=O) groups is 2. The second-order valence-electron chi connectivity index (χ2n) is 9.99. The molecular weight excluding hydrogens is 518 g/mol. The van der Waals surface area contributed by atoms with Crippen molar-refractivity contribution in [3.05, 3.63) is 86.7 Å². The van der Waals surface area contributed by atoms with Crippen molar-refractivity contribution in [1.82, 2.24) is 5.32 Å². The zero-order valence-electron chi connectivity index (χ0n) is 20.8. The van der Waals surface area contributed by atoms with E-state index in [9.17, 15) is 9.59 Å². The van der Waals surface area contributed by atoms with Crippen LogP contribution in [0.2, 0.25) is 0 Å². The molecule has 2 aromatic carbocycles. The van der Waals surface area contributed by atoms with Gasteiger partial charge in [0, 0.05) is 29.3 Å². The van der Waals surface area contributed by atoms with E-state index in [2.05, 4.69) is 33.4 Å². The first-order chi connectivity index (χ1) is 17.5. The lowest BCUT2D eigenvalue weighted by atomic mass is 9.71. The van der Waals surface area contributed by atoms with E-state index in [0.29, 0.717) is 23.3 Å². The maximum absolute atomic E-state index is 13.8. The SMILES string of the molecule is COc1ccc(C2C(C(=O)OC3CCCCC3)=C(C)NC3=C2C(=O)CC(c2ccccc2)C3)cc1Br. The smallest absolute Gasteiger partial charge is 0.337 e. The number of dihydropyridines is 1. The molecule has 1 N–H and O–H groups in total. The van der Waals surface area contributed by atoms with Gasteiger partial charge in [0.05, 0.1) is 17.2 Å². The van der Waals surface area contributed by atoms with E-state index in [4.69, 9.17) is 9.47 Å². The maximum Gasteiger partial charge on any atom is 0.337 e. The molecule has 0 aromatic heterocycles. The summed E-state index contributed by atoms with van der Waals surface area (Å²) in [6, 6.07) is 16.0. The van der Waals surface area contributed by atoms with Gasteiger partial charge in [-0.1, -0.05) is 42.8 Å². The Morgan fingerprint density at radius 3 is 2.44 bits per heavy atom. The second kappa shape index (κ2) is 10.6. The van der Waals surface area contributed by atoms with Crippen LogP contribution >= 0.6 is 15.9 Å². The third-order valence-electron chi connectivity index (χ3n) is 7.65. The van der Waals surface area contributed by atoms with Gasteiger partial charge in [-0.2, -0.15) is 0 Å². The van der Waals surface area contributed by atoms with Gasteiger partial charge in [-0.25, -0.2) is 4.79 Å². The van der Waals surface area contributed by atoms with E-state index < -0.39 is 5.92 Å². The number of Topliss-reactive ketones (excluding diaryl/α,β-unsaturated/α-hetero) is 1. The highest BCUT2D eigenvalue weighted by atomic mass is 79.9. The normalized spacial score (nSPS) is 22.7. The fraction of sp³-hybridized carbons (Fsp3) is 0.400. The van der Waals surface area contributed by atoms with Crippen LogP contribution in [-0.4, -0.2) is 25.0 Å². The second-order valence-corrected chi connectivity index (χ2v) is 10.8. The van der Waals surface area contributed by atoms with Crippen LogP contribution in [-0.2, 0) is 14.3 Å². The number of benzene rings is 2. The predicted octanol–water partition coefficient (Wildman–Crippen LogP) is 6.70. The first kappa shape index (κ1) is 24.8. The number of hydrogen-bond donors (Lipinski definition) is 1. The molecule has 2 unspecified atom stereocenters. The molecule has 0 saturated heterocycles. The highest BCUT2D eigenvalue weighted by molar-refractivity contribution is 9.10. The Balaban J connectivity index is 1.55. The molecule has 0 radical (unpaired) electrons. The number of ether oxygens (including phenoxy) is 2. The number of hydrogen-bond acceptors (Lipinski definition) is 5. The molecule has 1 fully saturated rings. The lowest BCUT2D eigenvalue weighted by Crippen LogP contribution is -2.37. The molecule has 2 aromatic rings. The van der Waals surface area contributed by atoms with Crippen molar-refractivity contribution >= 4 is 27.7 Å². The molecule has 5 rings (SSSR count). The number of allylic oxidation sites excluding steroid dienone is 3. The Morgan fingerprint density at radius 1 is 1.00 bits per heavy atom. The number of methoxy groups -OCH3 is 1. The minimum Gasteiger partial charge on any atom is -0.496 e. The molecule has 2 atom stereocenters.